The highest BCUT2D eigenvalue weighted by Crippen LogP contribution is 2.37. The summed E-state index contributed by atoms with van der Waals surface area (Å²) in [5.41, 5.74) is 7.76. The summed E-state index contributed by atoms with van der Waals surface area (Å²) in [6, 6.07) is 21.1. The number of benzene rings is 3. The highest BCUT2D eigenvalue weighted by Gasteiger charge is 2.17. The summed E-state index contributed by atoms with van der Waals surface area (Å²) in [5, 5.41) is 0.201. The van der Waals surface area contributed by atoms with Gasteiger partial charge in [0.25, 0.3) is 0 Å². The normalized spacial score (nSPS) is 16.6. The molecule has 1 aliphatic rings. The molecule has 2 heteroatoms. The van der Waals surface area contributed by atoms with Gasteiger partial charge in [0, 0.05) is 5.56 Å². The fourth-order valence-corrected chi connectivity index (χ4v) is 4.48. The van der Waals surface area contributed by atoms with Crippen molar-refractivity contribution < 1.29 is 4.39 Å². The van der Waals surface area contributed by atoms with Gasteiger partial charge in [-0.05, 0) is 71.9 Å². The van der Waals surface area contributed by atoms with Crippen LogP contribution in [0.15, 0.2) is 66.7 Å². The molecule has 148 valence electrons. The second-order valence-corrected chi connectivity index (χ2v) is 8.31. The number of hydrogen-bond donors (Lipinski definition) is 0. The van der Waals surface area contributed by atoms with Gasteiger partial charge in [-0.3, -0.25) is 0 Å². The van der Waals surface area contributed by atoms with Crippen LogP contribution >= 0.6 is 11.6 Å². The van der Waals surface area contributed by atoms with Crippen LogP contribution in [0.1, 0.15) is 54.4 Å². The quantitative estimate of drug-likeness (QED) is 0.409. The third-order valence-electron chi connectivity index (χ3n) is 6.11. The molecule has 0 radical (unpaired) electrons. The molecule has 0 N–H and O–H groups in total. The molecule has 0 aromatic heterocycles. The molecule has 0 bridgehead atoms. The molecule has 0 amide bonds. The van der Waals surface area contributed by atoms with E-state index in [1.54, 1.807) is 13.0 Å². The van der Waals surface area contributed by atoms with E-state index in [2.05, 4.69) is 49.4 Å². The molecule has 1 aliphatic carbocycles. The molecular weight excluding hydrogens is 379 g/mol. The fourth-order valence-electron chi connectivity index (χ4n) is 4.16. The Kier molecular flexibility index (Phi) is 5.87. The highest BCUT2D eigenvalue weighted by atomic mass is 35.5. The average Bonchev–Trinajstić information content (AvgIpc) is 2.78. The van der Waals surface area contributed by atoms with E-state index in [4.69, 9.17) is 11.6 Å². The van der Waals surface area contributed by atoms with Crippen LogP contribution in [0.4, 0.5) is 4.39 Å². The molecule has 0 saturated carbocycles. The molecule has 0 aliphatic heterocycles. The maximum absolute atomic E-state index is 14.1. The van der Waals surface area contributed by atoms with E-state index in [1.165, 1.54) is 28.7 Å². The summed E-state index contributed by atoms with van der Waals surface area (Å²) in [6.45, 7) is 3.92. The van der Waals surface area contributed by atoms with Crippen LogP contribution in [0.25, 0.3) is 16.7 Å². The van der Waals surface area contributed by atoms with Crippen molar-refractivity contribution in [3.63, 3.8) is 0 Å². The van der Waals surface area contributed by atoms with E-state index in [-0.39, 0.29) is 10.8 Å². The lowest BCUT2D eigenvalue weighted by atomic mass is 9.82. The van der Waals surface area contributed by atoms with Crippen LogP contribution in [-0.2, 0) is 6.42 Å². The standard InChI is InChI=1S/C27H26ClF/c1-3-19-5-7-20(8-6-19)21-9-11-22(12-10-21)23-13-15-24(16-14-23)25-17-4-18(2)27(29)26(25)28/h4-8,11,13-17,21H,3,9-10,12H2,1-2H3. The highest BCUT2D eigenvalue weighted by molar-refractivity contribution is 6.33. The zero-order valence-corrected chi connectivity index (χ0v) is 17.8. The molecular formula is C27H26ClF. The Morgan fingerprint density at radius 1 is 0.931 bits per heavy atom. The van der Waals surface area contributed by atoms with Crippen LogP contribution in [0.3, 0.4) is 0 Å². The van der Waals surface area contributed by atoms with Crippen molar-refractivity contribution in [1.82, 2.24) is 0 Å². The predicted molar refractivity (Wildman–Crippen MR) is 122 cm³/mol. The van der Waals surface area contributed by atoms with E-state index in [1.807, 2.05) is 18.2 Å². The van der Waals surface area contributed by atoms with Gasteiger partial charge >= 0.3 is 0 Å². The van der Waals surface area contributed by atoms with E-state index in [0.717, 1.165) is 30.4 Å². The second-order valence-electron chi connectivity index (χ2n) is 7.93. The lowest BCUT2D eigenvalue weighted by Crippen LogP contribution is -2.04. The molecule has 1 unspecified atom stereocenters. The number of rotatable bonds is 4. The summed E-state index contributed by atoms with van der Waals surface area (Å²) in [6.07, 6.45) is 6.81. The van der Waals surface area contributed by atoms with Crippen molar-refractivity contribution in [2.45, 2.75) is 45.4 Å². The van der Waals surface area contributed by atoms with Gasteiger partial charge in [0.05, 0.1) is 5.02 Å². The lowest BCUT2D eigenvalue weighted by Gasteiger charge is -2.23. The molecule has 4 rings (SSSR count). The van der Waals surface area contributed by atoms with E-state index < -0.39 is 0 Å². The van der Waals surface area contributed by atoms with Gasteiger partial charge in [-0.2, -0.15) is 0 Å². The van der Waals surface area contributed by atoms with Gasteiger partial charge in [-0.15, -0.1) is 0 Å². The minimum atomic E-state index is -0.332. The van der Waals surface area contributed by atoms with Crippen molar-refractivity contribution in [2.24, 2.45) is 0 Å². The molecule has 29 heavy (non-hydrogen) atoms. The summed E-state index contributed by atoms with van der Waals surface area (Å²) in [4.78, 5) is 0. The van der Waals surface area contributed by atoms with Crippen molar-refractivity contribution in [3.05, 3.63) is 99.8 Å². The van der Waals surface area contributed by atoms with Crippen LogP contribution in [-0.4, -0.2) is 0 Å². The Morgan fingerprint density at radius 3 is 2.24 bits per heavy atom. The molecule has 3 aromatic rings. The minimum Gasteiger partial charge on any atom is -0.205 e. The SMILES string of the molecule is CCc1ccc(C2CC=C(c3ccc(-c4ccc(C)c(F)c4Cl)cc3)CC2)cc1. The molecule has 0 heterocycles. The minimum absolute atomic E-state index is 0.201. The van der Waals surface area contributed by atoms with Crippen LogP contribution in [0, 0.1) is 12.7 Å². The van der Waals surface area contributed by atoms with E-state index in [9.17, 15) is 4.39 Å². The maximum Gasteiger partial charge on any atom is 0.145 e. The van der Waals surface area contributed by atoms with Gasteiger partial charge in [-0.25, -0.2) is 4.39 Å². The third-order valence-corrected chi connectivity index (χ3v) is 6.48. The van der Waals surface area contributed by atoms with Crippen molar-refractivity contribution >= 4 is 17.2 Å². The smallest absolute Gasteiger partial charge is 0.145 e. The number of halogens is 2. The second kappa shape index (κ2) is 8.55. The van der Waals surface area contributed by atoms with Gasteiger partial charge in [-0.1, -0.05) is 85.3 Å². The molecule has 1 atom stereocenters. The van der Waals surface area contributed by atoms with Gasteiger partial charge in [0.15, 0.2) is 0 Å². The van der Waals surface area contributed by atoms with Crippen molar-refractivity contribution in [1.29, 1.82) is 0 Å². The summed E-state index contributed by atoms with van der Waals surface area (Å²) >= 11 is 6.23. The number of allylic oxidation sites excluding steroid dienone is 2. The Bertz CT molecular complexity index is 1030. The van der Waals surface area contributed by atoms with Gasteiger partial charge in [0.1, 0.15) is 5.82 Å². The Hall–Kier alpha value is -2.38. The van der Waals surface area contributed by atoms with Gasteiger partial charge < -0.3 is 0 Å². The molecule has 0 nitrogen and oxygen atoms in total. The molecule has 0 saturated heterocycles. The van der Waals surface area contributed by atoms with Gasteiger partial charge in [0.2, 0.25) is 0 Å². The monoisotopic (exact) mass is 404 g/mol. The lowest BCUT2D eigenvalue weighted by molar-refractivity contribution is 0.619. The molecule has 0 spiro atoms. The van der Waals surface area contributed by atoms with Crippen LogP contribution < -0.4 is 0 Å². The summed E-state index contributed by atoms with van der Waals surface area (Å²) < 4.78 is 14.1. The first-order valence-electron chi connectivity index (χ1n) is 10.4. The fraction of sp³-hybridized carbons (Fsp3) is 0.259. The van der Waals surface area contributed by atoms with Crippen LogP contribution in [0.5, 0.6) is 0 Å². The van der Waals surface area contributed by atoms with Crippen molar-refractivity contribution in [3.8, 4) is 11.1 Å². The zero-order valence-electron chi connectivity index (χ0n) is 17.0. The first-order chi connectivity index (χ1) is 14.1. The first kappa shape index (κ1) is 19.9. The Balaban J connectivity index is 1.50. The predicted octanol–water partition coefficient (Wildman–Crippen LogP) is 8.37. The Morgan fingerprint density at radius 2 is 1.62 bits per heavy atom. The molecule has 3 aromatic carbocycles. The summed E-state index contributed by atoms with van der Waals surface area (Å²) in [7, 11) is 0. The Labute approximate surface area is 178 Å². The maximum atomic E-state index is 14.1. The third kappa shape index (κ3) is 4.16. The van der Waals surface area contributed by atoms with Crippen LogP contribution in [0.2, 0.25) is 5.02 Å². The first-order valence-corrected chi connectivity index (χ1v) is 10.8. The largest absolute Gasteiger partial charge is 0.205 e. The number of hydrogen-bond acceptors (Lipinski definition) is 0. The summed E-state index contributed by atoms with van der Waals surface area (Å²) in [5.74, 6) is 0.277. The average molecular weight is 405 g/mol. The zero-order chi connectivity index (χ0) is 20.4. The molecule has 0 fully saturated rings. The van der Waals surface area contributed by atoms with E-state index in [0.29, 0.717) is 11.5 Å². The topological polar surface area (TPSA) is 0 Å². The van der Waals surface area contributed by atoms with E-state index >= 15 is 0 Å². The van der Waals surface area contributed by atoms with Crippen molar-refractivity contribution in [2.75, 3.05) is 0 Å². The number of aryl methyl sites for hydroxylation is 2.